The Morgan fingerprint density at radius 3 is 2.58 bits per heavy atom. The van der Waals surface area contributed by atoms with E-state index in [1.807, 2.05) is 0 Å². The molecule has 0 bridgehead atoms. The van der Waals surface area contributed by atoms with Crippen molar-refractivity contribution in [3.8, 4) is 16.9 Å². The highest BCUT2D eigenvalue weighted by molar-refractivity contribution is 6.31. The minimum Gasteiger partial charge on any atom is -0.364 e. The maximum absolute atomic E-state index is 13.4. The van der Waals surface area contributed by atoms with E-state index in [0.29, 0.717) is 11.3 Å². The van der Waals surface area contributed by atoms with Crippen LogP contribution in [0.3, 0.4) is 0 Å². The van der Waals surface area contributed by atoms with Gasteiger partial charge >= 0.3 is 6.18 Å². The molecule has 3 aromatic heterocycles. The maximum atomic E-state index is 13.4. The van der Waals surface area contributed by atoms with Crippen molar-refractivity contribution in [3.63, 3.8) is 0 Å². The van der Waals surface area contributed by atoms with Crippen LogP contribution in [0.4, 0.5) is 29.2 Å². The number of aromatic nitrogens is 5. The van der Waals surface area contributed by atoms with E-state index >= 15 is 0 Å². The van der Waals surface area contributed by atoms with Crippen LogP contribution in [0, 0.1) is 5.82 Å². The van der Waals surface area contributed by atoms with Crippen LogP contribution in [0.5, 0.6) is 0 Å². The largest absolute Gasteiger partial charge is 0.435 e. The monoisotopic (exact) mass is 477 g/mol. The summed E-state index contributed by atoms with van der Waals surface area (Å²) in [4.78, 5) is 23.8. The van der Waals surface area contributed by atoms with E-state index < -0.39 is 23.6 Å². The van der Waals surface area contributed by atoms with Crippen LogP contribution >= 0.6 is 11.6 Å². The summed E-state index contributed by atoms with van der Waals surface area (Å²) in [7, 11) is 0. The first-order valence-electron chi connectivity index (χ1n) is 9.10. The van der Waals surface area contributed by atoms with Gasteiger partial charge in [-0.05, 0) is 42.0 Å². The number of pyridine rings is 1. The number of nitrogens with two attached hydrogens (primary N) is 1. The third-order valence-electron chi connectivity index (χ3n) is 4.36. The van der Waals surface area contributed by atoms with Gasteiger partial charge in [-0.25, -0.2) is 14.1 Å². The Bertz CT molecular complexity index is 1360. The fraction of sp³-hybridized carbons (Fsp3) is 0.0500. The number of hydrogen-bond acceptors (Lipinski definition) is 6. The van der Waals surface area contributed by atoms with Gasteiger partial charge in [0.15, 0.2) is 11.5 Å². The Morgan fingerprint density at radius 2 is 1.91 bits per heavy atom. The molecule has 168 valence electrons. The quantitative estimate of drug-likeness (QED) is 0.413. The first kappa shape index (κ1) is 22.1. The number of nitrogens with zero attached hydrogens (tertiary/aromatic N) is 5. The second kappa shape index (κ2) is 8.47. The van der Waals surface area contributed by atoms with Crippen LogP contribution < -0.4 is 11.1 Å². The zero-order valence-corrected chi connectivity index (χ0v) is 17.1. The normalized spacial score (nSPS) is 11.4. The number of amides is 1. The fourth-order valence-electron chi connectivity index (χ4n) is 2.84. The number of carbonyl (C=O) groups is 1. The molecule has 0 aliphatic carbocycles. The summed E-state index contributed by atoms with van der Waals surface area (Å²) >= 11 is 5.78. The van der Waals surface area contributed by atoms with Crippen molar-refractivity contribution in [1.29, 1.82) is 0 Å². The predicted octanol–water partition coefficient (Wildman–Crippen LogP) is 4.38. The van der Waals surface area contributed by atoms with Crippen LogP contribution in [0.2, 0.25) is 5.02 Å². The van der Waals surface area contributed by atoms with Gasteiger partial charge < -0.3 is 11.1 Å². The Kier molecular flexibility index (Phi) is 5.68. The number of benzene rings is 1. The van der Waals surface area contributed by atoms with Crippen molar-refractivity contribution in [1.82, 2.24) is 24.7 Å². The van der Waals surface area contributed by atoms with Gasteiger partial charge in [0, 0.05) is 29.8 Å². The molecule has 8 nitrogen and oxygen atoms in total. The topological polar surface area (TPSA) is 112 Å². The lowest BCUT2D eigenvalue weighted by atomic mass is 10.1. The highest BCUT2D eigenvalue weighted by atomic mass is 35.5. The van der Waals surface area contributed by atoms with Crippen molar-refractivity contribution in [3.05, 3.63) is 77.2 Å². The van der Waals surface area contributed by atoms with Crippen molar-refractivity contribution in [2.45, 2.75) is 6.18 Å². The molecule has 4 aromatic rings. The van der Waals surface area contributed by atoms with E-state index in [1.165, 1.54) is 36.7 Å². The van der Waals surface area contributed by atoms with Crippen LogP contribution in [0.25, 0.3) is 16.9 Å². The van der Waals surface area contributed by atoms with Gasteiger partial charge in [-0.1, -0.05) is 11.6 Å². The Hall–Kier alpha value is -4.06. The second-order valence-corrected chi connectivity index (χ2v) is 7.03. The molecule has 3 heterocycles. The molecule has 0 radical (unpaired) electrons. The van der Waals surface area contributed by atoms with E-state index in [2.05, 4.69) is 25.4 Å². The number of primary amides is 1. The minimum atomic E-state index is -4.67. The molecule has 4 rings (SSSR count). The number of nitrogens with one attached hydrogen (secondary N) is 1. The summed E-state index contributed by atoms with van der Waals surface area (Å²) in [6.45, 7) is 0. The van der Waals surface area contributed by atoms with E-state index in [0.717, 1.165) is 23.0 Å². The summed E-state index contributed by atoms with van der Waals surface area (Å²) < 4.78 is 53.6. The molecule has 0 unspecified atom stereocenters. The van der Waals surface area contributed by atoms with Gasteiger partial charge in [0.05, 0.1) is 5.02 Å². The molecule has 0 spiro atoms. The number of halogens is 5. The van der Waals surface area contributed by atoms with Crippen LogP contribution in [-0.2, 0) is 6.18 Å². The zero-order valence-electron chi connectivity index (χ0n) is 16.3. The van der Waals surface area contributed by atoms with Gasteiger partial charge in [0.1, 0.15) is 11.5 Å². The van der Waals surface area contributed by atoms with Gasteiger partial charge in [0.25, 0.3) is 5.91 Å². The molecule has 1 aromatic carbocycles. The Morgan fingerprint density at radius 1 is 1.12 bits per heavy atom. The van der Waals surface area contributed by atoms with Gasteiger partial charge in [-0.3, -0.25) is 9.78 Å². The third kappa shape index (κ3) is 4.75. The molecule has 33 heavy (non-hydrogen) atoms. The molecule has 3 N–H and O–H groups in total. The molecule has 0 aliphatic rings. The standard InChI is InChI=1S/C20H12ClF4N7O/c21-13-8-11(1-2-14(13)22)29-19-28-9-12(10-3-5-27-15(7-10)17(26)33)18(30-19)32-6-4-16(31-32)20(23,24)25/h1-9H,(H2,26,33)(H,28,29,30). The lowest BCUT2D eigenvalue weighted by Crippen LogP contribution is -2.13. The lowest BCUT2D eigenvalue weighted by molar-refractivity contribution is -0.141. The highest BCUT2D eigenvalue weighted by Gasteiger charge is 2.34. The molecular formula is C20H12ClF4N7O. The minimum absolute atomic E-state index is 0.0235. The lowest BCUT2D eigenvalue weighted by Gasteiger charge is -2.12. The first-order chi connectivity index (χ1) is 15.6. The maximum Gasteiger partial charge on any atom is 0.435 e. The summed E-state index contributed by atoms with van der Waals surface area (Å²) in [5, 5.41) is 6.23. The number of alkyl halides is 3. The molecule has 13 heteroatoms. The highest BCUT2D eigenvalue weighted by Crippen LogP contribution is 2.31. The van der Waals surface area contributed by atoms with E-state index in [1.54, 1.807) is 0 Å². The average molecular weight is 478 g/mol. The number of rotatable bonds is 5. The number of anilines is 2. The van der Waals surface area contributed by atoms with Crippen molar-refractivity contribution < 1.29 is 22.4 Å². The van der Waals surface area contributed by atoms with Crippen LogP contribution in [0.15, 0.2) is 55.0 Å². The number of carbonyl (C=O) groups excluding carboxylic acids is 1. The SMILES string of the molecule is NC(=O)c1cc(-c2cnc(Nc3ccc(F)c(Cl)c3)nc2-n2ccc(C(F)(F)F)n2)ccn1. The fourth-order valence-corrected chi connectivity index (χ4v) is 3.02. The van der Waals surface area contributed by atoms with Gasteiger partial charge in [-0.2, -0.15) is 23.3 Å². The molecular weight excluding hydrogens is 466 g/mol. The molecule has 0 aliphatic heterocycles. The van der Waals surface area contributed by atoms with Crippen molar-refractivity contribution >= 4 is 29.1 Å². The van der Waals surface area contributed by atoms with Crippen LogP contribution in [-0.4, -0.2) is 30.6 Å². The predicted molar refractivity (Wildman–Crippen MR) is 111 cm³/mol. The van der Waals surface area contributed by atoms with Crippen LogP contribution in [0.1, 0.15) is 16.2 Å². The Labute approximate surface area is 188 Å². The van der Waals surface area contributed by atoms with E-state index in [4.69, 9.17) is 17.3 Å². The van der Waals surface area contributed by atoms with Crippen molar-refractivity contribution in [2.75, 3.05) is 5.32 Å². The zero-order chi connectivity index (χ0) is 23.8. The second-order valence-electron chi connectivity index (χ2n) is 6.62. The van der Waals surface area contributed by atoms with Crippen molar-refractivity contribution in [2.24, 2.45) is 5.73 Å². The van der Waals surface area contributed by atoms with Gasteiger partial charge in [-0.15, -0.1) is 0 Å². The smallest absolute Gasteiger partial charge is 0.364 e. The van der Waals surface area contributed by atoms with E-state index in [-0.39, 0.29) is 28.0 Å². The number of hydrogen-bond donors (Lipinski definition) is 2. The summed E-state index contributed by atoms with van der Waals surface area (Å²) in [6.07, 6.45) is -0.940. The summed E-state index contributed by atoms with van der Waals surface area (Å²) in [6, 6.07) is 7.47. The van der Waals surface area contributed by atoms with Gasteiger partial charge in [0.2, 0.25) is 5.95 Å². The molecule has 0 saturated heterocycles. The molecule has 0 saturated carbocycles. The molecule has 0 fully saturated rings. The summed E-state index contributed by atoms with van der Waals surface area (Å²) in [5.74, 6) is -1.47. The third-order valence-corrected chi connectivity index (χ3v) is 4.65. The average Bonchev–Trinajstić information content (AvgIpc) is 3.27. The Balaban J connectivity index is 1.82. The summed E-state index contributed by atoms with van der Waals surface area (Å²) in [5.41, 5.74) is 5.05. The molecule has 0 atom stereocenters. The van der Waals surface area contributed by atoms with E-state index in [9.17, 15) is 22.4 Å². The molecule has 1 amide bonds. The first-order valence-corrected chi connectivity index (χ1v) is 9.48.